The topological polar surface area (TPSA) is 32.8 Å². The van der Waals surface area contributed by atoms with Crippen LogP contribution in [0.25, 0.3) is 0 Å². The van der Waals surface area contributed by atoms with E-state index in [4.69, 9.17) is 16.3 Å². The quantitative estimate of drug-likeness (QED) is 0.752. The maximum Gasteiger partial charge on any atom is 0.242 e. The Morgan fingerprint density at radius 3 is 2.67 bits per heavy atom. The molecule has 24 heavy (non-hydrogen) atoms. The average Bonchev–Trinajstić information content (AvgIpc) is 2.58. The maximum absolute atomic E-state index is 13.3. The van der Waals surface area contributed by atoms with Crippen molar-refractivity contribution in [2.75, 3.05) is 32.8 Å². The van der Waals surface area contributed by atoms with Crippen LogP contribution in [0.1, 0.15) is 39.2 Å². The lowest BCUT2D eigenvalue weighted by atomic mass is 9.99. The van der Waals surface area contributed by atoms with Crippen molar-refractivity contribution in [2.24, 2.45) is 0 Å². The Bertz CT molecular complexity index is 542. The van der Waals surface area contributed by atoms with Crippen molar-refractivity contribution in [1.29, 1.82) is 0 Å². The molecule has 0 bridgehead atoms. The van der Waals surface area contributed by atoms with Crippen molar-refractivity contribution in [3.8, 4) is 0 Å². The molecule has 1 aliphatic rings. The van der Waals surface area contributed by atoms with Crippen molar-refractivity contribution < 1.29 is 9.53 Å². The van der Waals surface area contributed by atoms with Gasteiger partial charge in [-0.2, -0.15) is 0 Å². The van der Waals surface area contributed by atoms with E-state index in [9.17, 15) is 4.79 Å². The van der Waals surface area contributed by atoms with Gasteiger partial charge in [0.05, 0.1) is 18.8 Å². The number of morpholine rings is 1. The zero-order valence-electron chi connectivity index (χ0n) is 15.1. The Balaban J connectivity index is 2.14. The van der Waals surface area contributed by atoms with Crippen LogP contribution in [0.2, 0.25) is 5.02 Å². The summed E-state index contributed by atoms with van der Waals surface area (Å²) in [5.74, 6) is 0.179. The third-order valence-corrected chi connectivity index (χ3v) is 4.89. The third-order valence-electron chi connectivity index (χ3n) is 4.66. The third kappa shape index (κ3) is 4.95. The molecule has 0 aliphatic carbocycles. The number of nitrogens with zero attached hydrogens (tertiary/aromatic N) is 2. The van der Waals surface area contributed by atoms with Crippen LogP contribution in [0.5, 0.6) is 0 Å². The second-order valence-corrected chi connectivity index (χ2v) is 7.31. The fourth-order valence-corrected chi connectivity index (χ4v) is 3.31. The molecule has 0 atom stereocenters. The summed E-state index contributed by atoms with van der Waals surface area (Å²) in [4.78, 5) is 17.5. The number of hydrogen-bond acceptors (Lipinski definition) is 3. The molecule has 134 valence electrons. The Morgan fingerprint density at radius 1 is 1.33 bits per heavy atom. The minimum Gasteiger partial charge on any atom is -0.379 e. The molecule has 1 aromatic rings. The van der Waals surface area contributed by atoms with E-state index in [-0.39, 0.29) is 5.91 Å². The summed E-state index contributed by atoms with van der Waals surface area (Å²) in [6.07, 6.45) is 2.07. The van der Waals surface area contributed by atoms with Gasteiger partial charge in [-0.25, -0.2) is 0 Å². The number of unbranched alkanes of at least 4 members (excludes halogenated alkanes) is 1. The number of hydrogen-bond donors (Lipinski definition) is 0. The molecule has 0 N–H and O–H groups in total. The van der Waals surface area contributed by atoms with Gasteiger partial charge in [-0.1, -0.05) is 37.1 Å². The van der Waals surface area contributed by atoms with Gasteiger partial charge in [0.1, 0.15) is 0 Å². The van der Waals surface area contributed by atoms with E-state index < -0.39 is 5.54 Å². The molecule has 0 radical (unpaired) electrons. The first-order chi connectivity index (χ1) is 11.4. The normalized spacial score (nSPS) is 16.2. The summed E-state index contributed by atoms with van der Waals surface area (Å²) < 4.78 is 5.43. The van der Waals surface area contributed by atoms with Crippen LogP contribution in [-0.2, 0) is 16.1 Å². The molecule has 1 heterocycles. The highest BCUT2D eigenvalue weighted by Crippen LogP contribution is 2.22. The van der Waals surface area contributed by atoms with Crippen molar-refractivity contribution in [1.82, 2.24) is 9.80 Å². The van der Waals surface area contributed by atoms with Crippen molar-refractivity contribution in [3.63, 3.8) is 0 Å². The molecule has 1 saturated heterocycles. The summed E-state index contributed by atoms with van der Waals surface area (Å²) in [6.45, 7) is 10.6. The highest BCUT2D eigenvalue weighted by Gasteiger charge is 2.38. The monoisotopic (exact) mass is 352 g/mol. The molecular weight excluding hydrogens is 324 g/mol. The van der Waals surface area contributed by atoms with Gasteiger partial charge in [-0.15, -0.1) is 0 Å². The molecule has 0 unspecified atom stereocenters. The SMILES string of the molecule is CCCCN(Cc1cccc(Cl)c1)C(=O)C(C)(C)N1CCOCC1. The summed E-state index contributed by atoms with van der Waals surface area (Å²) in [5.41, 5.74) is 0.556. The number of ether oxygens (including phenoxy) is 1. The van der Waals surface area contributed by atoms with Gasteiger partial charge in [0.25, 0.3) is 0 Å². The molecule has 1 aromatic carbocycles. The molecule has 0 aromatic heterocycles. The second-order valence-electron chi connectivity index (χ2n) is 6.87. The van der Waals surface area contributed by atoms with Gasteiger partial charge in [0, 0.05) is 31.2 Å². The number of carbonyl (C=O) groups is 1. The van der Waals surface area contributed by atoms with Crippen molar-refractivity contribution in [3.05, 3.63) is 34.9 Å². The van der Waals surface area contributed by atoms with Gasteiger partial charge >= 0.3 is 0 Å². The highest BCUT2D eigenvalue weighted by atomic mass is 35.5. The average molecular weight is 353 g/mol. The molecule has 2 rings (SSSR count). The Labute approximate surface area is 150 Å². The zero-order valence-corrected chi connectivity index (χ0v) is 15.8. The molecule has 1 amide bonds. The molecule has 1 fully saturated rings. The van der Waals surface area contributed by atoms with E-state index in [0.717, 1.165) is 38.0 Å². The van der Waals surface area contributed by atoms with Crippen LogP contribution < -0.4 is 0 Å². The van der Waals surface area contributed by atoms with E-state index >= 15 is 0 Å². The second kappa shape index (κ2) is 8.84. The minimum atomic E-state index is -0.518. The number of carbonyl (C=O) groups excluding carboxylic acids is 1. The lowest BCUT2D eigenvalue weighted by Gasteiger charge is -2.42. The summed E-state index contributed by atoms with van der Waals surface area (Å²) in [7, 11) is 0. The number of benzene rings is 1. The lowest BCUT2D eigenvalue weighted by molar-refractivity contribution is -0.146. The summed E-state index contributed by atoms with van der Waals surface area (Å²) in [6, 6.07) is 7.77. The Morgan fingerprint density at radius 2 is 2.04 bits per heavy atom. The standard InChI is InChI=1S/C19H29ClN2O2/c1-4-5-9-21(15-16-7-6-8-17(20)14-16)18(23)19(2,3)22-10-12-24-13-11-22/h6-8,14H,4-5,9-13,15H2,1-3H3. The summed E-state index contributed by atoms with van der Waals surface area (Å²) in [5, 5.41) is 0.711. The van der Waals surface area contributed by atoms with Gasteiger partial charge in [-0.3, -0.25) is 9.69 Å². The van der Waals surface area contributed by atoms with Crippen LogP contribution in [0, 0.1) is 0 Å². The summed E-state index contributed by atoms with van der Waals surface area (Å²) >= 11 is 6.10. The van der Waals surface area contributed by atoms with Crippen LogP contribution in [0.3, 0.4) is 0 Å². The predicted octanol–water partition coefficient (Wildman–Crippen LogP) is 3.58. The highest BCUT2D eigenvalue weighted by molar-refractivity contribution is 6.30. The van der Waals surface area contributed by atoms with Crippen molar-refractivity contribution in [2.45, 2.75) is 45.7 Å². The maximum atomic E-state index is 13.3. The molecule has 5 heteroatoms. The van der Waals surface area contributed by atoms with E-state index in [0.29, 0.717) is 24.8 Å². The fraction of sp³-hybridized carbons (Fsp3) is 0.632. The predicted molar refractivity (Wildman–Crippen MR) is 98.2 cm³/mol. The molecular formula is C19H29ClN2O2. The van der Waals surface area contributed by atoms with E-state index in [2.05, 4.69) is 11.8 Å². The van der Waals surface area contributed by atoms with Crippen molar-refractivity contribution >= 4 is 17.5 Å². The molecule has 0 saturated carbocycles. The zero-order chi connectivity index (χ0) is 17.6. The number of amides is 1. The number of rotatable bonds is 7. The Hall–Kier alpha value is -1.10. The first kappa shape index (κ1) is 19.2. The van der Waals surface area contributed by atoms with Crippen LogP contribution in [-0.4, -0.2) is 54.1 Å². The largest absolute Gasteiger partial charge is 0.379 e. The van der Waals surface area contributed by atoms with E-state index in [1.165, 1.54) is 0 Å². The van der Waals surface area contributed by atoms with Gasteiger partial charge in [-0.05, 0) is 38.0 Å². The lowest BCUT2D eigenvalue weighted by Crippen LogP contribution is -2.58. The van der Waals surface area contributed by atoms with Crippen LogP contribution >= 0.6 is 11.6 Å². The molecule has 4 nitrogen and oxygen atoms in total. The number of halogens is 1. The van der Waals surface area contributed by atoms with E-state index in [1.807, 2.05) is 43.0 Å². The smallest absolute Gasteiger partial charge is 0.242 e. The van der Waals surface area contributed by atoms with Gasteiger partial charge in [0.2, 0.25) is 5.91 Å². The molecule has 1 aliphatic heterocycles. The van der Waals surface area contributed by atoms with Crippen LogP contribution in [0.15, 0.2) is 24.3 Å². The van der Waals surface area contributed by atoms with Gasteiger partial charge < -0.3 is 9.64 Å². The minimum absolute atomic E-state index is 0.179. The molecule has 0 spiro atoms. The Kier molecular flexibility index (Phi) is 7.08. The van der Waals surface area contributed by atoms with Gasteiger partial charge in [0.15, 0.2) is 0 Å². The van der Waals surface area contributed by atoms with Crippen LogP contribution in [0.4, 0.5) is 0 Å². The fourth-order valence-electron chi connectivity index (χ4n) is 3.10. The first-order valence-electron chi connectivity index (χ1n) is 8.81. The van der Waals surface area contributed by atoms with E-state index in [1.54, 1.807) is 0 Å². The first-order valence-corrected chi connectivity index (χ1v) is 9.19.